The summed E-state index contributed by atoms with van der Waals surface area (Å²) in [4.78, 5) is 6.78. The minimum Gasteiger partial charge on any atom is -0.392 e. The lowest BCUT2D eigenvalue weighted by Gasteiger charge is -2.37. The second-order valence-corrected chi connectivity index (χ2v) is 6.43. The van der Waals surface area contributed by atoms with Crippen LogP contribution in [0.15, 0.2) is 21.8 Å². The van der Waals surface area contributed by atoms with Gasteiger partial charge in [-0.2, -0.15) is 0 Å². The highest BCUT2D eigenvalue weighted by Gasteiger charge is 2.35. The number of aliphatic hydroxyl groups is 1. The molecule has 2 atom stereocenters. The van der Waals surface area contributed by atoms with Crippen molar-refractivity contribution in [2.75, 3.05) is 20.1 Å². The molecule has 0 bridgehead atoms. The molecule has 2 unspecified atom stereocenters. The first-order valence-corrected chi connectivity index (χ1v) is 8.12. The van der Waals surface area contributed by atoms with E-state index in [0.29, 0.717) is 13.1 Å². The van der Waals surface area contributed by atoms with Crippen LogP contribution in [0.4, 0.5) is 0 Å². The van der Waals surface area contributed by atoms with Gasteiger partial charge in [0.15, 0.2) is 5.96 Å². The van der Waals surface area contributed by atoms with E-state index in [4.69, 9.17) is 9.52 Å². The van der Waals surface area contributed by atoms with Gasteiger partial charge in [0.25, 0.3) is 0 Å². The Hall–Kier alpha value is -1.56. The fraction of sp³-hybridized carbons (Fsp3) is 0.750. The normalized spacial score (nSPS) is 26.0. The van der Waals surface area contributed by atoms with Crippen LogP contribution in [0.2, 0.25) is 0 Å². The second-order valence-electron chi connectivity index (χ2n) is 6.43. The fourth-order valence-corrected chi connectivity index (χ4v) is 2.93. The standard InChI is InChI=1S/C16H28N4O2/c1-4-17-15(20(3)11-13-8-10-22-19-13)18-12-16(2)9-6-5-7-14(16)21/h8,10,14,21H,4-7,9,11-12H2,1-3H3,(H,17,18). The van der Waals surface area contributed by atoms with E-state index in [1.807, 2.05) is 18.0 Å². The van der Waals surface area contributed by atoms with E-state index in [2.05, 4.69) is 24.3 Å². The quantitative estimate of drug-likeness (QED) is 0.643. The average molecular weight is 308 g/mol. The predicted molar refractivity (Wildman–Crippen MR) is 86.5 cm³/mol. The van der Waals surface area contributed by atoms with Gasteiger partial charge in [0.1, 0.15) is 12.0 Å². The van der Waals surface area contributed by atoms with Crippen molar-refractivity contribution in [3.8, 4) is 0 Å². The summed E-state index contributed by atoms with van der Waals surface area (Å²) in [6, 6.07) is 1.85. The van der Waals surface area contributed by atoms with Crippen LogP contribution >= 0.6 is 0 Å². The minimum absolute atomic E-state index is 0.117. The molecule has 6 nitrogen and oxygen atoms in total. The lowest BCUT2D eigenvalue weighted by molar-refractivity contribution is 0.00705. The fourth-order valence-electron chi connectivity index (χ4n) is 2.93. The van der Waals surface area contributed by atoms with E-state index in [1.165, 1.54) is 6.42 Å². The largest absolute Gasteiger partial charge is 0.392 e. The molecule has 0 saturated heterocycles. The van der Waals surface area contributed by atoms with Crippen LogP contribution in [0.25, 0.3) is 0 Å². The molecule has 2 rings (SSSR count). The molecule has 0 aliphatic heterocycles. The summed E-state index contributed by atoms with van der Waals surface area (Å²) < 4.78 is 4.87. The van der Waals surface area contributed by atoms with Gasteiger partial charge in [-0.3, -0.25) is 4.99 Å². The highest BCUT2D eigenvalue weighted by Crippen LogP contribution is 2.36. The molecule has 0 amide bonds. The average Bonchev–Trinajstić information content (AvgIpc) is 2.99. The van der Waals surface area contributed by atoms with E-state index in [-0.39, 0.29) is 11.5 Å². The Kier molecular flexibility index (Phi) is 5.83. The van der Waals surface area contributed by atoms with Gasteiger partial charge in [-0.25, -0.2) is 0 Å². The Morgan fingerprint density at radius 3 is 3.05 bits per heavy atom. The molecule has 2 N–H and O–H groups in total. The maximum absolute atomic E-state index is 10.3. The number of aliphatic imine (C=N–C) groups is 1. The van der Waals surface area contributed by atoms with Gasteiger partial charge in [-0.15, -0.1) is 0 Å². The van der Waals surface area contributed by atoms with E-state index < -0.39 is 0 Å². The third-order valence-electron chi connectivity index (χ3n) is 4.46. The minimum atomic E-state index is -0.256. The van der Waals surface area contributed by atoms with E-state index in [9.17, 15) is 5.11 Å². The molecule has 1 aliphatic rings. The van der Waals surface area contributed by atoms with Gasteiger partial charge >= 0.3 is 0 Å². The SMILES string of the molecule is CCNC(=NCC1(C)CCCCC1O)N(C)Cc1ccon1. The van der Waals surface area contributed by atoms with Gasteiger partial charge in [0, 0.05) is 25.1 Å². The van der Waals surface area contributed by atoms with Crippen molar-refractivity contribution in [2.45, 2.75) is 52.2 Å². The molecule has 1 saturated carbocycles. The molecular formula is C16H28N4O2. The second kappa shape index (κ2) is 7.63. The molecule has 1 fully saturated rings. The first-order valence-electron chi connectivity index (χ1n) is 8.12. The third-order valence-corrected chi connectivity index (χ3v) is 4.46. The van der Waals surface area contributed by atoms with Crippen LogP contribution in [0, 0.1) is 5.41 Å². The summed E-state index contributed by atoms with van der Waals surface area (Å²) in [5, 5.41) is 17.5. The number of rotatable bonds is 5. The van der Waals surface area contributed by atoms with Gasteiger partial charge in [0.2, 0.25) is 0 Å². The zero-order valence-corrected chi connectivity index (χ0v) is 13.9. The lowest BCUT2D eigenvalue weighted by atomic mass is 9.73. The van der Waals surface area contributed by atoms with Gasteiger partial charge in [0.05, 0.1) is 19.2 Å². The summed E-state index contributed by atoms with van der Waals surface area (Å²) >= 11 is 0. The monoisotopic (exact) mass is 308 g/mol. The number of hydrogen-bond acceptors (Lipinski definition) is 4. The maximum Gasteiger partial charge on any atom is 0.194 e. The van der Waals surface area contributed by atoms with Gasteiger partial charge < -0.3 is 19.8 Å². The van der Waals surface area contributed by atoms with Crippen LogP contribution in [0.3, 0.4) is 0 Å². The number of aliphatic hydroxyl groups excluding tert-OH is 1. The molecule has 0 aromatic carbocycles. The van der Waals surface area contributed by atoms with Crippen molar-refractivity contribution < 1.29 is 9.63 Å². The molecule has 0 spiro atoms. The van der Waals surface area contributed by atoms with Crippen molar-refractivity contribution >= 4 is 5.96 Å². The van der Waals surface area contributed by atoms with Crippen LogP contribution in [-0.2, 0) is 6.54 Å². The number of guanidine groups is 1. The number of aromatic nitrogens is 1. The molecular weight excluding hydrogens is 280 g/mol. The molecule has 0 radical (unpaired) electrons. The van der Waals surface area contributed by atoms with E-state index in [0.717, 1.165) is 37.5 Å². The first-order chi connectivity index (χ1) is 10.5. The Balaban J connectivity index is 2.02. The summed E-state index contributed by atoms with van der Waals surface area (Å²) in [7, 11) is 1.98. The Morgan fingerprint density at radius 2 is 2.41 bits per heavy atom. The molecule has 6 heteroatoms. The van der Waals surface area contributed by atoms with Gasteiger partial charge in [-0.1, -0.05) is 24.9 Å². The summed E-state index contributed by atoms with van der Waals surface area (Å²) in [5.41, 5.74) is 0.755. The van der Waals surface area contributed by atoms with Crippen LogP contribution < -0.4 is 5.32 Å². The molecule has 1 heterocycles. The van der Waals surface area contributed by atoms with Crippen molar-refractivity contribution in [2.24, 2.45) is 10.4 Å². The maximum atomic E-state index is 10.3. The van der Waals surface area contributed by atoms with Crippen molar-refractivity contribution in [3.63, 3.8) is 0 Å². The lowest BCUT2D eigenvalue weighted by Crippen LogP contribution is -2.42. The first kappa shape index (κ1) is 16.8. The Labute approximate surface area is 132 Å². The number of nitrogens with one attached hydrogen (secondary N) is 1. The predicted octanol–water partition coefficient (Wildman–Crippen LogP) is 2.01. The molecule has 1 aromatic rings. The smallest absolute Gasteiger partial charge is 0.194 e. The zero-order chi connectivity index (χ0) is 16.0. The summed E-state index contributed by atoms with van der Waals surface area (Å²) in [6.07, 6.45) is 5.53. The third kappa shape index (κ3) is 4.22. The number of hydrogen-bond donors (Lipinski definition) is 2. The highest BCUT2D eigenvalue weighted by atomic mass is 16.5. The summed E-state index contributed by atoms with van der Waals surface area (Å²) in [5.74, 6) is 0.837. The molecule has 124 valence electrons. The molecule has 22 heavy (non-hydrogen) atoms. The Morgan fingerprint density at radius 1 is 1.59 bits per heavy atom. The Bertz CT molecular complexity index is 475. The zero-order valence-electron chi connectivity index (χ0n) is 13.9. The molecule has 1 aromatic heterocycles. The van der Waals surface area contributed by atoms with Gasteiger partial charge in [-0.05, 0) is 19.8 Å². The van der Waals surface area contributed by atoms with Crippen LogP contribution in [0.5, 0.6) is 0 Å². The highest BCUT2D eigenvalue weighted by molar-refractivity contribution is 5.79. The van der Waals surface area contributed by atoms with Crippen molar-refractivity contribution in [1.29, 1.82) is 0 Å². The van der Waals surface area contributed by atoms with E-state index >= 15 is 0 Å². The molecule has 1 aliphatic carbocycles. The van der Waals surface area contributed by atoms with Crippen molar-refractivity contribution in [1.82, 2.24) is 15.4 Å². The number of nitrogens with zero attached hydrogens (tertiary/aromatic N) is 3. The summed E-state index contributed by atoms with van der Waals surface area (Å²) in [6.45, 7) is 6.28. The van der Waals surface area contributed by atoms with E-state index in [1.54, 1.807) is 6.26 Å². The van der Waals surface area contributed by atoms with Crippen LogP contribution in [-0.4, -0.2) is 47.4 Å². The van der Waals surface area contributed by atoms with Crippen molar-refractivity contribution in [3.05, 3.63) is 18.0 Å². The van der Waals surface area contributed by atoms with Crippen LogP contribution in [0.1, 0.15) is 45.2 Å². The topological polar surface area (TPSA) is 73.9 Å².